The van der Waals surface area contributed by atoms with Gasteiger partial charge in [-0.25, -0.2) is 4.39 Å². The van der Waals surface area contributed by atoms with Crippen molar-refractivity contribution in [3.05, 3.63) is 35.6 Å². The summed E-state index contributed by atoms with van der Waals surface area (Å²) < 4.78 is 18.8. The summed E-state index contributed by atoms with van der Waals surface area (Å²) in [5.74, 6) is 0.481. The van der Waals surface area contributed by atoms with E-state index >= 15 is 0 Å². The lowest BCUT2D eigenvalue weighted by atomic mass is 9.80. The van der Waals surface area contributed by atoms with Gasteiger partial charge in [0.05, 0.1) is 31.4 Å². The van der Waals surface area contributed by atoms with Crippen LogP contribution in [0.2, 0.25) is 0 Å². The van der Waals surface area contributed by atoms with E-state index < -0.39 is 5.60 Å². The predicted octanol–water partition coefficient (Wildman–Crippen LogP) is 2.29. The lowest BCUT2D eigenvalue weighted by Gasteiger charge is -2.36. The number of morpholine rings is 1. The number of halogens is 2. The minimum Gasteiger partial charge on any atom is -0.388 e. The number of rotatable bonds is 7. The van der Waals surface area contributed by atoms with Crippen molar-refractivity contribution in [2.75, 3.05) is 45.9 Å². The van der Waals surface area contributed by atoms with Crippen molar-refractivity contribution >= 4 is 29.9 Å². The van der Waals surface area contributed by atoms with Gasteiger partial charge in [0.15, 0.2) is 5.96 Å². The van der Waals surface area contributed by atoms with Crippen molar-refractivity contribution in [3.63, 3.8) is 0 Å². The molecule has 3 N–H and O–H groups in total. The predicted molar refractivity (Wildman–Crippen MR) is 120 cm³/mol. The van der Waals surface area contributed by atoms with Crippen molar-refractivity contribution in [2.45, 2.75) is 37.8 Å². The van der Waals surface area contributed by atoms with E-state index in [0.29, 0.717) is 32.3 Å². The Hall–Kier alpha value is -0.970. The smallest absolute Gasteiger partial charge is 0.191 e. The zero-order valence-electron chi connectivity index (χ0n) is 16.5. The number of ether oxygens (including phenoxy) is 1. The Morgan fingerprint density at radius 3 is 2.50 bits per heavy atom. The highest BCUT2D eigenvalue weighted by atomic mass is 127. The summed E-state index contributed by atoms with van der Waals surface area (Å²) in [6.07, 6.45) is 2.71. The molecule has 1 heterocycles. The first kappa shape index (κ1) is 23.3. The normalized spacial score (nSPS) is 20.6. The zero-order chi connectivity index (χ0) is 19.1. The first-order valence-corrected chi connectivity index (χ1v) is 9.91. The average Bonchev–Trinajstić information content (AvgIpc) is 2.67. The molecule has 8 heteroatoms. The molecular formula is C20H32FIN4O2. The fourth-order valence-electron chi connectivity index (χ4n) is 3.54. The van der Waals surface area contributed by atoms with Gasteiger partial charge < -0.3 is 20.5 Å². The molecule has 158 valence electrons. The molecule has 1 aliphatic heterocycles. The van der Waals surface area contributed by atoms with Crippen LogP contribution in [0.1, 0.15) is 37.8 Å². The van der Waals surface area contributed by atoms with Crippen LogP contribution in [0.3, 0.4) is 0 Å². The number of hydrogen-bond acceptors (Lipinski definition) is 4. The molecule has 2 fully saturated rings. The lowest BCUT2D eigenvalue weighted by molar-refractivity contribution is -0.0236. The van der Waals surface area contributed by atoms with Crippen LogP contribution in [0.15, 0.2) is 29.3 Å². The first-order valence-electron chi connectivity index (χ1n) is 9.91. The number of guanidine groups is 1. The van der Waals surface area contributed by atoms with Gasteiger partial charge in [-0.05, 0) is 43.9 Å². The van der Waals surface area contributed by atoms with Gasteiger partial charge in [0.25, 0.3) is 0 Å². The highest BCUT2D eigenvalue weighted by Gasteiger charge is 2.34. The van der Waals surface area contributed by atoms with E-state index in [0.717, 1.165) is 44.5 Å². The topological polar surface area (TPSA) is 69.1 Å². The van der Waals surface area contributed by atoms with E-state index in [1.165, 1.54) is 12.1 Å². The third kappa shape index (κ3) is 6.53. The van der Waals surface area contributed by atoms with Crippen LogP contribution in [0.25, 0.3) is 0 Å². The van der Waals surface area contributed by atoms with E-state index in [1.54, 1.807) is 0 Å². The maximum absolute atomic E-state index is 13.4. The van der Waals surface area contributed by atoms with Gasteiger partial charge in [-0.1, -0.05) is 12.1 Å². The number of benzene rings is 1. The Morgan fingerprint density at radius 1 is 1.25 bits per heavy atom. The molecule has 1 saturated carbocycles. The van der Waals surface area contributed by atoms with Crippen LogP contribution in [0, 0.1) is 5.82 Å². The zero-order valence-corrected chi connectivity index (χ0v) is 18.8. The lowest BCUT2D eigenvalue weighted by Crippen LogP contribution is -2.47. The maximum Gasteiger partial charge on any atom is 0.191 e. The van der Waals surface area contributed by atoms with Crippen molar-refractivity contribution < 1.29 is 14.2 Å². The molecule has 1 unspecified atom stereocenters. The summed E-state index contributed by atoms with van der Waals surface area (Å²) in [5.41, 5.74) is 0.433. The molecule has 3 rings (SSSR count). The quantitative estimate of drug-likeness (QED) is 0.301. The van der Waals surface area contributed by atoms with Gasteiger partial charge >= 0.3 is 0 Å². The summed E-state index contributed by atoms with van der Waals surface area (Å²) in [5, 5.41) is 16.9. The maximum atomic E-state index is 13.4. The van der Waals surface area contributed by atoms with E-state index in [1.807, 2.05) is 19.1 Å². The molecule has 0 amide bonds. The second-order valence-corrected chi connectivity index (χ2v) is 7.37. The minimum absolute atomic E-state index is 0. The molecule has 1 aromatic carbocycles. The summed E-state index contributed by atoms with van der Waals surface area (Å²) in [6.45, 7) is 6.95. The summed E-state index contributed by atoms with van der Waals surface area (Å²) in [4.78, 5) is 6.93. The fourth-order valence-corrected chi connectivity index (χ4v) is 3.54. The monoisotopic (exact) mass is 506 g/mol. The van der Waals surface area contributed by atoms with Gasteiger partial charge in [0, 0.05) is 26.2 Å². The van der Waals surface area contributed by atoms with Crippen molar-refractivity contribution in [2.24, 2.45) is 4.99 Å². The molecule has 0 spiro atoms. The molecule has 0 aromatic heterocycles. The third-order valence-corrected chi connectivity index (χ3v) is 5.36. The highest BCUT2D eigenvalue weighted by Crippen LogP contribution is 2.31. The van der Waals surface area contributed by atoms with Gasteiger partial charge in [-0.15, -0.1) is 24.0 Å². The van der Waals surface area contributed by atoms with Crippen molar-refractivity contribution in [1.82, 2.24) is 15.5 Å². The van der Waals surface area contributed by atoms with Crippen molar-refractivity contribution in [3.8, 4) is 0 Å². The molecule has 1 atom stereocenters. The molecule has 28 heavy (non-hydrogen) atoms. The average molecular weight is 506 g/mol. The first-order chi connectivity index (χ1) is 13.1. The summed E-state index contributed by atoms with van der Waals surface area (Å²) in [6, 6.07) is 6.81. The van der Waals surface area contributed by atoms with Crippen molar-refractivity contribution in [1.29, 1.82) is 0 Å². The highest BCUT2D eigenvalue weighted by molar-refractivity contribution is 14.0. The Morgan fingerprint density at radius 2 is 1.93 bits per heavy atom. The van der Waals surface area contributed by atoms with E-state index in [9.17, 15) is 9.50 Å². The number of aliphatic imine (C=N–C) groups is 1. The van der Waals surface area contributed by atoms with E-state index in [4.69, 9.17) is 4.74 Å². The molecule has 1 aromatic rings. The SMILES string of the molecule is CCNC(=NCC1(O)CCC1)NCC(c1ccc(F)cc1)N1CCOCC1.I. The number of nitrogens with one attached hydrogen (secondary N) is 2. The van der Waals surface area contributed by atoms with Crippen LogP contribution >= 0.6 is 24.0 Å². The second-order valence-electron chi connectivity index (χ2n) is 7.37. The van der Waals surface area contributed by atoms with Gasteiger partial charge in [-0.3, -0.25) is 9.89 Å². The molecule has 0 bridgehead atoms. The largest absolute Gasteiger partial charge is 0.388 e. The third-order valence-electron chi connectivity index (χ3n) is 5.36. The number of hydrogen-bond donors (Lipinski definition) is 3. The number of aliphatic hydroxyl groups is 1. The Labute approximate surface area is 184 Å². The molecule has 1 aliphatic carbocycles. The Kier molecular flexibility index (Phi) is 9.39. The molecule has 0 radical (unpaired) electrons. The van der Waals surface area contributed by atoms with Crippen LogP contribution in [-0.2, 0) is 4.74 Å². The molecule has 1 saturated heterocycles. The van der Waals surface area contributed by atoms with Crippen LogP contribution in [0.4, 0.5) is 4.39 Å². The molecule has 6 nitrogen and oxygen atoms in total. The Balaban J connectivity index is 0.00000280. The van der Waals surface area contributed by atoms with Crippen LogP contribution in [-0.4, -0.2) is 67.5 Å². The van der Waals surface area contributed by atoms with E-state index in [-0.39, 0.29) is 35.8 Å². The summed E-state index contributed by atoms with van der Waals surface area (Å²) >= 11 is 0. The van der Waals surface area contributed by atoms with E-state index in [2.05, 4.69) is 20.5 Å². The van der Waals surface area contributed by atoms with Gasteiger partial charge in [0.1, 0.15) is 5.82 Å². The standard InChI is InChI=1S/C20H31FN4O2.HI/c1-2-22-19(24-15-20(26)8-3-9-20)23-14-18(25-10-12-27-13-11-25)16-4-6-17(21)7-5-16;/h4-7,18,26H,2-3,8-15H2,1H3,(H2,22,23,24);1H. The molecular weight excluding hydrogens is 474 g/mol. The minimum atomic E-state index is -0.636. The van der Waals surface area contributed by atoms with Gasteiger partial charge in [0.2, 0.25) is 0 Å². The molecule has 2 aliphatic rings. The second kappa shape index (κ2) is 11.3. The summed E-state index contributed by atoms with van der Waals surface area (Å²) in [7, 11) is 0. The fraction of sp³-hybridized carbons (Fsp3) is 0.650. The van der Waals surface area contributed by atoms with Crippen LogP contribution < -0.4 is 10.6 Å². The Bertz CT molecular complexity index is 619. The number of nitrogens with zero attached hydrogens (tertiary/aromatic N) is 2. The van der Waals surface area contributed by atoms with Gasteiger partial charge in [-0.2, -0.15) is 0 Å². The van der Waals surface area contributed by atoms with Crippen LogP contribution in [0.5, 0.6) is 0 Å².